The number of amides is 1. The quantitative estimate of drug-likeness (QED) is 0.659. The molecule has 0 bridgehead atoms. The number of aromatic nitrogens is 2. The molecule has 0 unspecified atom stereocenters. The molecular weight excluding hydrogens is 380 g/mol. The number of fused-ring (bicyclic) bond motifs is 2. The van der Waals surface area contributed by atoms with Crippen molar-refractivity contribution in [3.05, 3.63) is 52.3 Å². The molecule has 3 aromatic rings. The maximum absolute atomic E-state index is 12.3. The minimum atomic E-state index is -0.564. The fourth-order valence-electron chi connectivity index (χ4n) is 3.45. The van der Waals surface area contributed by atoms with E-state index >= 15 is 0 Å². The van der Waals surface area contributed by atoms with Crippen molar-refractivity contribution < 1.29 is 14.3 Å². The molecule has 0 fully saturated rings. The Morgan fingerprint density at radius 3 is 2.93 bits per heavy atom. The third-order valence-corrected chi connectivity index (χ3v) is 5.12. The molecule has 2 aromatic heterocycles. The second-order valence-electron chi connectivity index (χ2n) is 6.39. The fourth-order valence-corrected chi connectivity index (χ4v) is 3.74. The van der Waals surface area contributed by atoms with Crippen LogP contribution in [0.15, 0.2) is 30.3 Å². The summed E-state index contributed by atoms with van der Waals surface area (Å²) < 4.78 is 6.81. The van der Waals surface area contributed by atoms with Crippen molar-refractivity contribution in [3.8, 4) is 11.3 Å². The van der Waals surface area contributed by atoms with E-state index in [2.05, 4.69) is 15.6 Å². The van der Waals surface area contributed by atoms with Crippen LogP contribution in [-0.2, 0) is 11.2 Å². The van der Waals surface area contributed by atoms with E-state index < -0.39 is 5.97 Å². The summed E-state index contributed by atoms with van der Waals surface area (Å²) in [6.45, 7) is 2.58. The summed E-state index contributed by atoms with van der Waals surface area (Å²) in [7, 11) is 1.78. The number of anilines is 1. The van der Waals surface area contributed by atoms with Crippen LogP contribution in [-0.4, -0.2) is 41.5 Å². The molecule has 28 heavy (non-hydrogen) atoms. The lowest BCUT2D eigenvalue weighted by Gasteiger charge is -2.18. The number of esters is 1. The normalized spacial score (nSPS) is 13.2. The van der Waals surface area contributed by atoms with E-state index in [0.29, 0.717) is 17.8 Å². The van der Waals surface area contributed by atoms with E-state index in [0.717, 1.165) is 28.9 Å². The van der Waals surface area contributed by atoms with Crippen LogP contribution in [0, 0.1) is 0 Å². The number of rotatable bonds is 4. The predicted molar refractivity (Wildman–Crippen MR) is 107 cm³/mol. The van der Waals surface area contributed by atoms with Gasteiger partial charge >= 0.3 is 5.97 Å². The number of pyridine rings is 1. The smallest absolute Gasteiger partial charge is 0.360 e. The highest BCUT2D eigenvalue weighted by atomic mass is 35.5. The van der Waals surface area contributed by atoms with Gasteiger partial charge in [-0.3, -0.25) is 9.20 Å². The van der Waals surface area contributed by atoms with Crippen molar-refractivity contribution in [2.45, 2.75) is 13.3 Å². The van der Waals surface area contributed by atoms with Crippen LogP contribution in [0.4, 0.5) is 5.69 Å². The zero-order valence-corrected chi connectivity index (χ0v) is 16.3. The number of nitrogens with zero attached hydrogens (tertiary/aromatic N) is 2. The Morgan fingerprint density at radius 2 is 2.18 bits per heavy atom. The maximum atomic E-state index is 12.3. The molecule has 4 rings (SSSR count). The minimum absolute atomic E-state index is 0.0614. The van der Waals surface area contributed by atoms with Gasteiger partial charge in [0.15, 0.2) is 11.3 Å². The molecule has 8 heteroatoms. The Kier molecular flexibility index (Phi) is 4.68. The summed E-state index contributed by atoms with van der Waals surface area (Å²) >= 11 is 6.55. The van der Waals surface area contributed by atoms with Crippen molar-refractivity contribution in [3.63, 3.8) is 0 Å². The Hall–Kier alpha value is -3.06. The highest BCUT2D eigenvalue weighted by Crippen LogP contribution is 2.32. The monoisotopic (exact) mass is 398 g/mol. The topological polar surface area (TPSA) is 84.7 Å². The Bertz CT molecular complexity index is 1110. The van der Waals surface area contributed by atoms with Crippen LogP contribution in [0.1, 0.15) is 33.3 Å². The van der Waals surface area contributed by atoms with Crippen molar-refractivity contribution in [2.75, 3.05) is 25.5 Å². The first-order valence-electron chi connectivity index (χ1n) is 9.02. The van der Waals surface area contributed by atoms with Crippen molar-refractivity contribution in [1.29, 1.82) is 0 Å². The van der Waals surface area contributed by atoms with Crippen LogP contribution in [0.25, 0.3) is 16.9 Å². The van der Waals surface area contributed by atoms with E-state index in [1.165, 1.54) is 0 Å². The van der Waals surface area contributed by atoms with E-state index in [4.69, 9.17) is 16.3 Å². The maximum Gasteiger partial charge on any atom is 0.360 e. The molecule has 0 saturated heterocycles. The molecule has 0 aliphatic carbocycles. The number of hydrogen-bond acceptors (Lipinski definition) is 5. The highest BCUT2D eigenvalue weighted by Gasteiger charge is 2.23. The molecule has 0 atom stereocenters. The molecule has 0 saturated carbocycles. The minimum Gasteiger partial charge on any atom is -0.461 e. The fraction of sp³-hybridized carbons (Fsp3) is 0.250. The third-order valence-electron chi connectivity index (χ3n) is 4.77. The van der Waals surface area contributed by atoms with Gasteiger partial charge in [-0.25, -0.2) is 9.78 Å². The third kappa shape index (κ3) is 2.88. The van der Waals surface area contributed by atoms with Gasteiger partial charge in [0.25, 0.3) is 5.91 Å². The van der Waals surface area contributed by atoms with Gasteiger partial charge in [0.2, 0.25) is 0 Å². The van der Waals surface area contributed by atoms with Crippen molar-refractivity contribution >= 4 is 34.8 Å². The predicted octanol–water partition coefficient (Wildman–Crippen LogP) is 3.16. The second kappa shape index (κ2) is 7.16. The molecule has 144 valence electrons. The number of benzene rings is 1. The van der Waals surface area contributed by atoms with E-state index in [1.807, 2.05) is 30.3 Å². The van der Waals surface area contributed by atoms with Gasteiger partial charge < -0.3 is 15.4 Å². The highest BCUT2D eigenvalue weighted by molar-refractivity contribution is 6.33. The van der Waals surface area contributed by atoms with Crippen LogP contribution in [0.5, 0.6) is 0 Å². The summed E-state index contributed by atoms with van der Waals surface area (Å²) in [5.41, 5.74) is 4.66. The SMILES string of the molecule is CCOC(=O)c1nc2c(NC)ccc(-c3ccc4c(c3)CCNC4=O)n2c1Cl. The average Bonchev–Trinajstić information content (AvgIpc) is 3.05. The van der Waals surface area contributed by atoms with Crippen LogP contribution >= 0.6 is 11.6 Å². The molecule has 1 aliphatic rings. The van der Waals surface area contributed by atoms with Gasteiger partial charge in [0, 0.05) is 19.2 Å². The molecule has 3 heterocycles. The van der Waals surface area contributed by atoms with E-state index in [9.17, 15) is 9.59 Å². The van der Waals surface area contributed by atoms with Crippen molar-refractivity contribution in [2.24, 2.45) is 0 Å². The lowest BCUT2D eigenvalue weighted by Crippen LogP contribution is -2.31. The lowest BCUT2D eigenvalue weighted by atomic mass is 9.96. The zero-order chi connectivity index (χ0) is 19.8. The van der Waals surface area contributed by atoms with Gasteiger partial charge in [-0.1, -0.05) is 17.7 Å². The van der Waals surface area contributed by atoms with Gasteiger partial charge in [-0.2, -0.15) is 0 Å². The van der Waals surface area contributed by atoms with Crippen LogP contribution in [0.3, 0.4) is 0 Å². The van der Waals surface area contributed by atoms with E-state index in [1.54, 1.807) is 18.4 Å². The summed E-state index contributed by atoms with van der Waals surface area (Å²) in [6.07, 6.45) is 0.762. The summed E-state index contributed by atoms with van der Waals surface area (Å²) in [5.74, 6) is -0.625. The van der Waals surface area contributed by atoms with Crippen molar-refractivity contribution in [1.82, 2.24) is 14.7 Å². The summed E-state index contributed by atoms with van der Waals surface area (Å²) in [6, 6.07) is 9.47. The molecule has 0 radical (unpaired) electrons. The second-order valence-corrected chi connectivity index (χ2v) is 6.75. The Balaban J connectivity index is 1.93. The average molecular weight is 399 g/mol. The first-order chi connectivity index (χ1) is 13.5. The Morgan fingerprint density at radius 1 is 1.36 bits per heavy atom. The largest absolute Gasteiger partial charge is 0.461 e. The zero-order valence-electron chi connectivity index (χ0n) is 15.5. The first kappa shape index (κ1) is 18.3. The Labute approximate surface area is 166 Å². The number of carbonyl (C=O) groups excluding carboxylic acids is 2. The van der Waals surface area contributed by atoms with Gasteiger partial charge in [0.1, 0.15) is 5.15 Å². The van der Waals surface area contributed by atoms with Gasteiger partial charge in [-0.15, -0.1) is 0 Å². The number of halogens is 1. The standard InChI is InChI=1S/C20H19ClN4O3/c1-3-28-20(27)16-17(21)25-15(7-6-14(22-2)18(25)24-16)12-4-5-13-11(10-12)8-9-23-19(13)26/h4-7,10,22H,3,8-9H2,1-2H3,(H,23,26). The van der Waals surface area contributed by atoms with E-state index in [-0.39, 0.29) is 23.4 Å². The molecule has 7 nitrogen and oxygen atoms in total. The van der Waals surface area contributed by atoms with Gasteiger partial charge in [0.05, 0.1) is 18.0 Å². The number of ether oxygens (including phenoxy) is 1. The van der Waals surface area contributed by atoms with Crippen LogP contribution < -0.4 is 10.6 Å². The number of imidazole rings is 1. The molecule has 1 aliphatic heterocycles. The number of carbonyl (C=O) groups is 2. The van der Waals surface area contributed by atoms with Gasteiger partial charge in [-0.05, 0) is 48.7 Å². The molecule has 1 aromatic carbocycles. The number of hydrogen-bond donors (Lipinski definition) is 2. The molecular formula is C20H19ClN4O3. The molecule has 2 N–H and O–H groups in total. The van der Waals surface area contributed by atoms with Crippen LogP contribution in [0.2, 0.25) is 5.15 Å². The molecule has 1 amide bonds. The summed E-state index contributed by atoms with van der Waals surface area (Å²) in [4.78, 5) is 28.7. The lowest BCUT2D eigenvalue weighted by molar-refractivity contribution is 0.0520. The first-order valence-corrected chi connectivity index (χ1v) is 9.40. The number of nitrogens with one attached hydrogen (secondary N) is 2. The molecule has 0 spiro atoms. The summed E-state index contributed by atoms with van der Waals surface area (Å²) in [5, 5.41) is 6.10.